The normalized spacial score (nSPS) is 11.2. The van der Waals surface area contributed by atoms with Gasteiger partial charge in [-0.05, 0) is 42.8 Å². The summed E-state index contributed by atoms with van der Waals surface area (Å²) in [7, 11) is -3.76. The fraction of sp³-hybridized carbons (Fsp3) is 0.143. The van der Waals surface area contributed by atoms with Gasteiger partial charge in [0.05, 0.1) is 4.90 Å². The van der Waals surface area contributed by atoms with Gasteiger partial charge in [0.25, 0.3) is 5.56 Å². The molecule has 0 bridgehead atoms. The minimum Gasteiger partial charge on any atom is -0.325 e. The summed E-state index contributed by atoms with van der Waals surface area (Å²) in [6, 6.07) is 8.61. The number of nitrogens with two attached hydrogens (primary N) is 1. The lowest BCUT2D eigenvalue weighted by Crippen LogP contribution is -2.26. The van der Waals surface area contributed by atoms with E-state index in [1.807, 2.05) is 0 Å². The Morgan fingerprint density at radius 1 is 1.23 bits per heavy atom. The number of aryl methyl sites for hydroxylation is 1. The number of hydrogen-bond acceptors (Lipinski definition) is 4. The summed E-state index contributed by atoms with van der Waals surface area (Å²) in [6.07, 6.45) is 1.54. The van der Waals surface area contributed by atoms with E-state index in [1.165, 1.54) is 34.9 Å². The number of carbonyl (C=O) groups excluding carboxylic acids is 1. The molecule has 0 aliphatic rings. The van der Waals surface area contributed by atoms with Gasteiger partial charge < -0.3 is 9.88 Å². The van der Waals surface area contributed by atoms with Gasteiger partial charge >= 0.3 is 0 Å². The second-order valence-electron chi connectivity index (χ2n) is 4.79. The highest BCUT2D eigenvalue weighted by Gasteiger charge is 2.09. The summed E-state index contributed by atoms with van der Waals surface area (Å²) in [5.74, 6) is -0.394. The number of benzene rings is 1. The largest absolute Gasteiger partial charge is 0.325 e. The van der Waals surface area contributed by atoms with E-state index in [1.54, 1.807) is 19.2 Å². The number of primary sulfonamides is 1. The number of nitrogens with zero attached hydrogens (tertiary/aromatic N) is 1. The minimum atomic E-state index is -3.76. The first kappa shape index (κ1) is 15.9. The van der Waals surface area contributed by atoms with Crippen molar-refractivity contribution < 1.29 is 13.2 Å². The first-order valence-corrected chi connectivity index (χ1v) is 7.90. The summed E-state index contributed by atoms with van der Waals surface area (Å²) in [5.41, 5.74) is 0.970. The lowest BCUT2D eigenvalue weighted by Gasteiger charge is -2.08. The molecule has 0 saturated heterocycles. The number of anilines is 1. The van der Waals surface area contributed by atoms with Crippen molar-refractivity contribution in [3.8, 4) is 0 Å². The number of carbonyl (C=O) groups is 1. The van der Waals surface area contributed by atoms with Crippen molar-refractivity contribution in [2.75, 3.05) is 5.32 Å². The van der Waals surface area contributed by atoms with E-state index in [4.69, 9.17) is 5.14 Å². The highest BCUT2D eigenvalue weighted by molar-refractivity contribution is 7.89. The van der Waals surface area contributed by atoms with Crippen LogP contribution in [0.3, 0.4) is 0 Å². The van der Waals surface area contributed by atoms with Crippen LogP contribution in [0, 0.1) is 6.92 Å². The SMILES string of the molecule is Cc1ccn(CC(=O)Nc2ccc(S(N)(=O)=O)cc2)c(=O)c1. The maximum absolute atomic E-state index is 11.9. The number of sulfonamides is 1. The average molecular weight is 321 g/mol. The third kappa shape index (κ3) is 4.03. The number of amides is 1. The zero-order valence-electron chi connectivity index (χ0n) is 11.8. The van der Waals surface area contributed by atoms with E-state index in [0.717, 1.165) is 5.56 Å². The van der Waals surface area contributed by atoms with Crippen molar-refractivity contribution in [1.29, 1.82) is 0 Å². The molecular formula is C14H15N3O4S. The average Bonchev–Trinajstić information content (AvgIpc) is 2.41. The van der Waals surface area contributed by atoms with E-state index >= 15 is 0 Å². The van der Waals surface area contributed by atoms with Crippen LogP contribution in [0.15, 0.2) is 52.3 Å². The van der Waals surface area contributed by atoms with Crippen molar-refractivity contribution in [2.24, 2.45) is 5.14 Å². The van der Waals surface area contributed by atoms with Crippen LogP contribution in [-0.4, -0.2) is 18.9 Å². The van der Waals surface area contributed by atoms with E-state index in [0.29, 0.717) is 5.69 Å². The molecule has 2 rings (SSSR count). The number of pyridine rings is 1. The standard InChI is InChI=1S/C14H15N3O4S/c1-10-6-7-17(14(19)8-10)9-13(18)16-11-2-4-12(5-3-11)22(15,20)21/h2-8H,9H2,1H3,(H,16,18)(H2,15,20,21). The Labute approximate surface area is 127 Å². The van der Waals surface area contributed by atoms with Crippen molar-refractivity contribution >= 4 is 21.6 Å². The molecule has 3 N–H and O–H groups in total. The van der Waals surface area contributed by atoms with Gasteiger partial charge in [0.15, 0.2) is 0 Å². The number of hydrogen-bond donors (Lipinski definition) is 2. The maximum atomic E-state index is 11.9. The zero-order valence-corrected chi connectivity index (χ0v) is 12.6. The molecule has 22 heavy (non-hydrogen) atoms. The van der Waals surface area contributed by atoms with Gasteiger partial charge in [0, 0.05) is 18.0 Å². The van der Waals surface area contributed by atoms with Crippen molar-refractivity contribution in [3.05, 3.63) is 58.5 Å². The molecule has 0 atom stereocenters. The molecule has 7 nitrogen and oxygen atoms in total. The Morgan fingerprint density at radius 3 is 2.41 bits per heavy atom. The molecule has 0 unspecified atom stereocenters. The van der Waals surface area contributed by atoms with Gasteiger partial charge in [-0.25, -0.2) is 13.6 Å². The van der Waals surface area contributed by atoms with Gasteiger partial charge in [-0.1, -0.05) is 0 Å². The summed E-state index contributed by atoms with van der Waals surface area (Å²) in [6.45, 7) is 1.66. The minimum absolute atomic E-state index is 0.0414. The maximum Gasteiger partial charge on any atom is 0.251 e. The van der Waals surface area contributed by atoms with Crippen LogP contribution in [0.25, 0.3) is 0 Å². The first-order chi connectivity index (χ1) is 10.3. The van der Waals surface area contributed by atoms with Crippen LogP contribution < -0.4 is 16.0 Å². The van der Waals surface area contributed by atoms with Crippen LogP contribution in [0.1, 0.15) is 5.56 Å². The molecule has 0 saturated carbocycles. The van der Waals surface area contributed by atoms with Gasteiger partial charge in [-0.3, -0.25) is 9.59 Å². The molecule has 0 fully saturated rings. The molecule has 116 valence electrons. The van der Waals surface area contributed by atoms with Crippen LogP contribution in [0.5, 0.6) is 0 Å². The Morgan fingerprint density at radius 2 is 1.86 bits per heavy atom. The van der Waals surface area contributed by atoms with Crippen LogP contribution in [0.2, 0.25) is 0 Å². The van der Waals surface area contributed by atoms with E-state index in [-0.39, 0.29) is 17.0 Å². The molecule has 1 aromatic carbocycles. The topological polar surface area (TPSA) is 111 Å². The van der Waals surface area contributed by atoms with Gasteiger partial charge in [-0.15, -0.1) is 0 Å². The lowest BCUT2D eigenvalue weighted by molar-refractivity contribution is -0.116. The van der Waals surface area contributed by atoms with Crippen molar-refractivity contribution in [2.45, 2.75) is 18.4 Å². The van der Waals surface area contributed by atoms with Gasteiger partial charge in [0.2, 0.25) is 15.9 Å². The van der Waals surface area contributed by atoms with E-state index in [9.17, 15) is 18.0 Å². The molecule has 2 aromatic rings. The Bertz CT molecular complexity index is 854. The second kappa shape index (κ2) is 6.12. The molecule has 0 aliphatic heterocycles. The monoisotopic (exact) mass is 321 g/mol. The number of aromatic nitrogens is 1. The molecule has 0 radical (unpaired) electrons. The Balaban J connectivity index is 2.07. The fourth-order valence-electron chi connectivity index (χ4n) is 1.82. The molecule has 1 heterocycles. The van der Waals surface area contributed by atoms with E-state index in [2.05, 4.69) is 5.32 Å². The predicted octanol–water partition coefficient (Wildman–Crippen LogP) is 0.443. The fourth-order valence-corrected chi connectivity index (χ4v) is 2.34. The first-order valence-electron chi connectivity index (χ1n) is 6.35. The van der Waals surface area contributed by atoms with Gasteiger partial charge in [0.1, 0.15) is 6.54 Å². The summed E-state index contributed by atoms with van der Waals surface area (Å²) in [4.78, 5) is 23.5. The summed E-state index contributed by atoms with van der Waals surface area (Å²) < 4.78 is 23.5. The summed E-state index contributed by atoms with van der Waals surface area (Å²) in [5, 5.41) is 7.56. The number of nitrogens with one attached hydrogen (secondary N) is 1. The van der Waals surface area contributed by atoms with Gasteiger partial charge in [-0.2, -0.15) is 0 Å². The highest BCUT2D eigenvalue weighted by atomic mass is 32.2. The van der Waals surface area contributed by atoms with Crippen molar-refractivity contribution in [3.63, 3.8) is 0 Å². The highest BCUT2D eigenvalue weighted by Crippen LogP contribution is 2.12. The second-order valence-corrected chi connectivity index (χ2v) is 6.35. The Kier molecular flexibility index (Phi) is 4.43. The quantitative estimate of drug-likeness (QED) is 0.851. The van der Waals surface area contributed by atoms with Crippen LogP contribution >= 0.6 is 0 Å². The molecule has 8 heteroatoms. The number of rotatable bonds is 4. The third-order valence-corrected chi connectivity index (χ3v) is 3.86. The van der Waals surface area contributed by atoms with Crippen molar-refractivity contribution in [1.82, 2.24) is 4.57 Å². The third-order valence-electron chi connectivity index (χ3n) is 2.93. The molecule has 0 spiro atoms. The summed E-state index contributed by atoms with van der Waals surface area (Å²) >= 11 is 0. The molecular weight excluding hydrogens is 306 g/mol. The molecule has 1 amide bonds. The Hall–Kier alpha value is -2.45. The van der Waals surface area contributed by atoms with Crippen LogP contribution in [0.4, 0.5) is 5.69 Å². The molecule has 1 aromatic heterocycles. The van der Waals surface area contributed by atoms with E-state index < -0.39 is 15.9 Å². The predicted molar refractivity (Wildman–Crippen MR) is 81.9 cm³/mol. The molecule has 0 aliphatic carbocycles. The zero-order chi connectivity index (χ0) is 16.3. The smallest absolute Gasteiger partial charge is 0.251 e. The lowest BCUT2D eigenvalue weighted by atomic mass is 10.3. The van der Waals surface area contributed by atoms with Crippen LogP contribution in [-0.2, 0) is 21.4 Å².